The van der Waals surface area contributed by atoms with Crippen LogP contribution in [0, 0.1) is 6.92 Å². The first-order valence-corrected chi connectivity index (χ1v) is 7.27. The predicted molar refractivity (Wildman–Crippen MR) is 75.9 cm³/mol. The molecule has 0 fully saturated rings. The molecule has 1 aromatic rings. The average Bonchev–Trinajstić information content (AvgIpc) is 2.49. The molecule has 17 heavy (non-hydrogen) atoms. The topological polar surface area (TPSA) is 72.9 Å². The van der Waals surface area contributed by atoms with Crippen molar-refractivity contribution in [2.75, 3.05) is 18.1 Å². The van der Waals surface area contributed by atoms with E-state index < -0.39 is 10.8 Å². The SMILES string of the molecule is Cc1nn(C)c(NCC(C)S(C)=O)c1C(N)=S. The zero-order valence-electron chi connectivity index (χ0n) is 10.5. The van der Waals surface area contributed by atoms with Crippen LogP contribution in [0.4, 0.5) is 5.82 Å². The fourth-order valence-corrected chi connectivity index (χ4v) is 2.08. The molecule has 2 atom stereocenters. The standard InChI is InChI=1S/C10H18N4OS2/c1-6(17(4)15)5-12-10-8(9(11)16)7(2)13-14(10)3/h6,12H,5H2,1-4H3,(H2,11,16). The van der Waals surface area contributed by atoms with Crippen LogP contribution in [0.15, 0.2) is 0 Å². The third-order valence-electron chi connectivity index (χ3n) is 2.59. The first-order valence-electron chi connectivity index (χ1n) is 5.24. The number of aromatic nitrogens is 2. The maximum Gasteiger partial charge on any atom is 0.134 e. The molecule has 0 saturated heterocycles. The zero-order chi connectivity index (χ0) is 13.2. The molecule has 1 rings (SSSR count). The van der Waals surface area contributed by atoms with Crippen molar-refractivity contribution in [2.24, 2.45) is 12.8 Å². The maximum absolute atomic E-state index is 11.3. The van der Waals surface area contributed by atoms with Crippen molar-refractivity contribution in [3.05, 3.63) is 11.3 Å². The Morgan fingerprint density at radius 2 is 2.29 bits per heavy atom. The minimum atomic E-state index is -0.857. The minimum Gasteiger partial charge on any atom is -0.389 e. The van der Waals surface area contributed by atoms with E-state index in [1.807, 2.05) is 20.9 Å². The second-order valence-electron chi connectivity index (χ2n) is 3.99. The smallest absolute Gasteiger partial charge is 0.134 e. The van der Waals surface area contributed by atoms with Crippen LogP contribution in [-0.4, -0.2) is 37.0 Å². The number of hydrogen-bond acceptors (Lipinski definition) is 4. The van der Waals surface area contributed by atoms with Gasteiger partial charge < -0.3 is 11.1 Å². The van der Waals surface area contributed by atoms with E-state index in [0.29, 0.717) is 11.5 Å². The van der Waals surface area contributed by atoms with E-state index in [1.54, 1.807) is 10.9 Å². The van der Waals surface area contributed by atoms with Crippen LogP contribution in [0.25, 0.3) is 0 Å². The zero-order valence-corrected chi connectivity index (χ0v) is 12.1. The Hall–Kier alpha value is -0.950. The highest BCUT2D eigenvalue weighted by Gasteiger charge is 2.16. The first kappa shape index (κ1) is 14.1. The van der Waals surface area contributed by atoms with Gasteiger partial charge in [0.15, 0.2) is 0 Å². The molecule has 7 heteroatoms. The molecule has 0 aliphatic heterocycles. The van der Waals surface area contributed by atoms with E-state index in [4.69, 9.17) is 18.0 Å². The molecular formula is C10H18N4OS2. The van der Waals surface area contributed by atoms with Crippen molar-refractivity contribution in [2.45, 2.75) is 19.1 Å². The van der Waals surface area contributed by atoms with Crippen molar-refractivity contribution in [1.29, 1.82) is 0 Å². The van der Waals surface area contributed by atoms with Crippen molar-refractivity contribution >= 4 is 33.8 Å². The van der Waals surface area contributed by atoms with Crippen LogP contribution in [0.5, 0.6) is 0 Å². The number of nitrogens with two attached hydrogens (primary N) is 1. The maximum atomic E-state index is 11.3. The molecule has 1 heterocycles. The summed E-state index contributed by atoms with van der Waals surface area (Å²) in [6.07, 6.45) is 1.69. The van der Waals surface area contributed by atoms with Gasteiger partial charge in [-0.05, 0) is 13.8 Å². The number of rotatable bonds is 5. The third kappa shape index (κ3) is 3.26. The molecule has 0 amide bonds. The van der Waals surface area contributed by atoms with Gasteiger partial charge in [-0.1, -0.05) is 12.2 Å². The lowest BCUT2D eigenvalue weighted by atomic mass is 10.2. The van der Waals surface area contributed by atoms with Gasteiger partial charge in [0.25, 0.3) is 0 Å². The molecule has 0 aliphatic rings. The fraction of sp³-hybridized carbons (Fsp3) is 0.600. The van der Waals surface area contributed by atoms with E-state index in [0.717, 1.165) is 17.1 Å². The fourth-order valence-electron chi connectivity index (χ4n) is 1.51. The second-order valence-corrected chi connectivity index (χ2v) is 6.23. The molecule has 0 spiro atoms. The normalized spacial score (nSPS) is 14.4. The van der Waals surface area contributed by atoms with Crippen molar-refractivity contribution in [1.82, 2.24) is 9.78 Å². The van der Waals surface area contributed by atoms with Crippen molar-refractivity contribution in [3.8, 4) is 0 Å². The summed E-state index contributed by atoms with van der Waals surface area (Å²) in [5.41, 5.74) is 7.23. The largest absolute Gasteiger partial charge is 0.389 e. The van der Waals surface area contributed by atoms with Crippen LogP contribution >= 0.6 is 12.2 Å². The van der Waals surface area contributed by atoms with Crippen LogP contribution < -0.4 is 11.1 Å². The molecule has 5 nitrogen and oxygen atoms in total. The summed E-state index contributed by atoms with van der Waals surface area (Å²) >= 11 is 5.01. The summed E-state index contributed by atoms with van der Waals surface area (Å²) in [4.78, 5) is 0.323. The lowest BCUT2D eigenvalue weighted by Crippen LogP contribution is -2.23. The van der Waals surface area contributed by atoms with Crippen LogP contribution in [0.3, 0.4) is 0 Å². The highest BCUT2D eigenvalue weighted by molar-refractivity contribution is 7.84. The molecular weight excluding hydrogens is 256 g/mol. The number of anilines is 1. The molecule has 0 aliphatic carbocycles. The Morgan fingerprint density at radius 3 is 2.76 bits per heavy atom. The van der Waals surface area contributed by atoms with E-state index in [1.165, 1.54) is 0 Å². The summed E-state index contributed by atoms with van der Waals surface area (Å²) in [5.74, 6) is 0.785. The first-order chi connectivity index (χ1) is 7.84. The minimum absolute atomic E-state index is 0.0596. The number of nitrogens with zero attached hydrogens (tertiary/aromatic N) is 2. The van der Waals surface area contributed by atoms with E-state index >= 15 is 0 Å². The Morgan fingerprint density at radius 1 is 1.71 bits per heavy atom. The summed E-state index contributed by atoms with van der Waals surface area (Å²) in [6.45, 7) is 4.38. The lowest BCUT2D eigenvalue weighted by molar-refractivity contribution is 0.678. The monoisotopic (exact) mass is 274 g/mol. The molecule has 96 valence electrons. The second kappa shape index (κ2) is 5.59. The Kier molecular flexibility index (Phi) is 4.64. The van der Waals surface area contributed by atoms with Gasteiger partial charge in [-0.25, -0.2) is 0 Å². The van der Waals surface area contributed by atoms with Gasteiger partial charge in [0, 0.05) is 35.9 Å². The molecule has 1 aromatic heterocycles. The van der Waals surface area contributed by atoms with Crippen LogP contribution in [0.1, 0.15) is 18.2 Å². The summed E-state index contributed by atoms with van der Waals surface area (Å²) in [7, 11) is 0.967. The number of thiocarbonyl (C=S) groups is 1. The Balaban J connectivity index is 2.91. The Bertz CT molecular complexity index is 455. The number of hydrogen-bond donors (Lipinski definition) is 2. The molecule has 3 N–H and O–H groups in total. The lowest BCUT2D eigenvalue weighted by Gasteiger charge is -2.12. The van der Waals surface area contributed by atoms with Crippen LogP contribution in [-0.2, 0) is 17.8 Å². The molecule has 0 radical (unpaired) electrons. The van der Waals surface area contributed by atoms with Gasteiger partial charge in [0.05, 0.1) is 11.3 Å². The van der Waals surface area contributed by atoms with Gasteiger partial charge in [-0.15, -0.1) is 0 Å². The summed E-state index contributed by atoms with van der Waals surface area (Å²) in [6, 6.07) is 0. The van der Waals surface area contributed by atoms with Gasteiger partial charge in [0.2, 0.25) is 0 Å². The van der Waals surface area contributed by atoms with E-state index in [-0.39, 0.29) is 5.25 Å². The molecule has 0 aromatic carbocycles. The van der Waals surface area contributed by atoms with Gasteiger partial charge in [-0.3, -0.25) is 8.89 Å². The van der Waals surface area contributed by atoms with Crippen molar-refractivity contribution in [3.63, 3.8) is 0 Å². The van der Waals surface area contributed by atoms with Gasteiger partial charge in [0.1, 0.15) is 10.8 Å². The van der Waals surface area contributed by atoms with Gasteiger partial charge >= 0.3 is 0 Å². The number of nitrogens with one attached hydrogen (secondary N) is 1. The molecule has 2 unspecified atom stereocenters. The highest BCUT2D eigenvalue weighted by Crippen LogP contribution is 2.18. The van der Waals surface area contributed by atoms with Gasteiger partial charge in [-0.2, -0.15) is 5.10 Å². The predicted octanol–water partition coefficient (Wildman–Crippen LogP) is 0.542. The van der Waals surface area contributed by atoms with Crippen molar-refractivity contribution < 1.29 is 4.21 Å². The highest BCUT2D eigenvalue weighted by atomic mass is 32.2. The summed E-state index contributed by atoms with van der Waals surface area (Å²) < 4.78 is 13.0. The van der Waals surface area contributed by atoms with E-state index in [9.17, 15) is 4.21 Å². The summed E-state index contributed by atoms with van der Waals surface area (Å²) in [5, 5.41) is 7.53. The quantitative estimate of drug-likeness (QED) is 0.767. The third-order valence-corrected chi connectivity index (χ3v) is 4.10. The average molecular weight is 274 g/mol. The van der Waals surface area contributed by atoms with Crippen LogP contribution in [0.2, 0.25) is 0 Å². The molecule has 0 saturated carbocycles. The Labute approximate surface area is 109 Å². The molecule has 0 bridgehead atoms. The van der Waals surface area contributed by atoms with E-state index in [2.05, 4.69) is 10.4 Å². The number of aryl methyl sites for hydroxylation is 2.